The van der Waals surface area contributed by atoms with E-state index in [-0.39, 0.29) is 17.9 Å². The fraction of sp³-hybridized carbons (Fsp3) is 0.462. The fourth-order valence-electron chi connectivity index (χ4n) is 4.08. The van der Waals surface area contributed by atoms with E-state index >= 15 is 0 Å². The highest BCUT2D eigenvalue weighted by Crippen LogP contribution is 2.20. The van der Waals surface area contributed by atoms with Crippen LogP contribution >= 0.6 is 23.4 Å². The first kappa shape index (κ1) is 24.7. The Morgan fingerprint density at radius 1 is 1.09 bits per heavy atom. The quantitative estimate of drug-likeness (QED) is 0.505. The molecule has 0 saturated heterocycles. The normalized spacial score (nSPS) is 15.2. The number of benzene rings is 2. The molecule has 6 heteroatoms. The van der Waals surface area contributed by atoms with E-state index in [4.69, 9.17) is 11.6 Å². The van der Waals surface area contributed by atoms with Crippen LogP contribution in [-0.2, 0) is 21.9 Å². The third kappa shape index (κ3) is 7.56. The Kier molecular flexibility index (Phi) is 9.49. The minimum Gasteiger partial charge on any atom is -0.352 e. The van der Waals surface area contributed by atoms with Crippen molar-refractivity contribution in [1.29, 1.82) is 0 Å². The van der Waals surface area contributed by atoms with Crippen molar-refractivity contribution in [3.63, 3.8) is 0 Å². The van der Waals surface area contributed by atoms with Gasteiger partial charge in [0.15, 0.2) is 0 Å². The largest absolute Gasteiger partial charge is 0.352 e. The molecule has 0 bridgehead atoms. The molecule has 1 atom stereocenters. The molecule has 1 aliphatic rings. The van der Waals surface area contributed by atoms with Crippen LogP contribution in [0.15, 0.2) is 48.5 Å². The average Bonchev–Trinajstić information content (AvgIpc) is 2.79. The molecule has 0 unspecified atom stereocenters. The van der Waals surface area contributed by atoms with Gasteiger partial charge in [-0.15, -0.1) is 11.8 Å². The topological polar surface area (TPSA) is 49.4 Å². The van der Waals surface area contributed by atoms with Crippen LogP contribution in [0.2, 0.25) is 5.02 Å². The Bertz CT molecular complexity index is 897. The van der Waals surface area contributed by atoms with E-state index in [1.54, 1.807) is 16.7 Å². The van der Waals surface area contributed by atoms with Gasteiger partial charge < -0.3 is 10.2 Å². The number of carbonyl (C=O) groups is 2. The van der Waals surface area contributed by atoms with Gasteiger partial charge in [-0.3, -0.25) is 9.59 Å². The van der Waals surface area contributed by atoms with Gasteiger partial charge in [-0.2, -0.15) is 0 Å². The van der Waals surface area contributed by atoms with Crippen molar-refractivity contribution in [3.05, 3.63) is 70.2 Å². The zero-order valence-corrected chi connectivity index (χ0v) is 20.6. The maximum Gasteiger partial charge on any atom is 0.242 e. The second-order valence-electron chi connectivity index (χ2n) is 8.65. The minimum atomic E-state index is -0.513. The summed E-state index contributed by atoms with van der Waals surface area (Å²) in [6.07, 6.45) is 5.62. The van der Waals surface area contributed by atoms with E-state index in [0.29, 0.717) is 17.3 Å². The van der Waals surface area contributed by atoms with Gasteiger partial charge in [-0.1, -0.05) is 72.8 Å². The van der Waals surface area contributed by atoms with Crippen LogP contribution < -0.4 is 5.32 Å². The lowest BCUT2D eigenvalue weighted by Crippen LogP contribution is -2.50. The van der Waals surface area contributed by atoms with E-state index in [9.17, 15) is 9.59 Å². The van der Waals surface area contributed by atoms with Crippen molar-refractivity contribution in [1.82, 2.24) is 10.2 Å². The van der Waals surface area contributed by atoms with Crippen molar-refractivity contribution in [2.75, 3.05) is 5.75 Å². The summed E-state index contributed by atoms with van der Waals surface area (Å²) in [6.45, 7) is 4.31. The molecule has 172 valence electrons. The number of thioether (sulfide) groups is 1. The molecule has 3 rings (SSSR count). The molecular formula is C26H33ClN2O2S. The Labute approximate surface area is 201 Å². The van der Waals surface area contributed by atoms with Crippen LogP contribution in [0.3, 0.4) is 0 Å². The van der Waals surface area contributed by atoms with Crippen LogP contribution in [0, 0.1) is 6.92 Å². The molecule has 1 saturated carbocycles. The van der Waals surface area contributed by atoms with E-state index in [1.165, 1.54) is 6.42 Å². The third-order valence-electron chi connectivity index (χ3n) is 5.96. The van der Waals surface area contributed by atoms with Crippen LogP contribution in [-0.4, -0.2) is 34.6 Å². The van der Waals surface area contributed by atoms with Gasteiger partial charge >= 0.3 is 0 Å². The predicted molar refractivity (Wildman–Crippen MR) is 134 cm³/mol. The molecule has 1 fully saturated rings. The number of carbonyl (C=O) groups excluding carboxylic acids is 2. The van der Waals surface area contributed by atoms with Gasteiger partial charge in [0.05, 0.1) is 5.75 Å². The summed E-state index contributed by atoms with van der Waals surface area (Å²) in [4.78, 5) is 28.0. The molecule has 1 N–H and O–H groups in total. The predicted octanol–water partition coefficient (Wildman–Crippen LogP) is 5.75. The molecule has 0 heterocycles. The molecule has 1 aliphatic carbocycles. The Hall–Kier alpha value is -1.98. The van der Waals surface area contributed by atoms with Crippen molar-refractivity contribution < 1.29 is 9.59 Å². The SMILES string of the molecule is Cc1cccc(CN(C(=O)CSCc2ccc(Cl)cc2)[C@H](C)C(=O)NC2CCCCC2)c1. The van der Waals surface area contributed by atoms with Gasteiger partial charge in [-0.25, -0.2) is 0 Å². The van der Waals surface area contributed by atoms with E-state index < -0.39 is 6.04 Å². The molecule has 0 spiro atoms. The lowest BCUT2D eigenvalue weighted by atomic mass is 9.95. The summed E-state index contributed by atoms with van der Waals surface area (Å²) < 4.78 is 0. The highest BCUT2D eigenvalue weighted by atomic mass is 35.5. The van der Waals surface area contributed by atoms with Gasteiger partial charge in [0.25, 0.3) is 0 Å². The van der Waals surface area contributed by atoms with Gasteiger partial charge in [0, 0.05) is 23.4 Å². The highest BCUT2D eigenvalue weighted by molar-refractivity contribution is 7.99. The second-order valence-corrected chi connectivity index (χ2v) is 10.1. The zero-order valence-electron chi connectivity index (χ0n) is 19.0. The molecule has 2 aromatic rings. The Morgan fingerprint density at radius 2 is 1.81 bits per heavy atom. The van der Waals surface area contributed by atoms with Crippen molar-refractivity contribution >= 4 is 35.2 Å². The van der Waals surface area contributed by atoms with Crippen LogP contribution in [0.4, 0.5) is 0 Å². The first-order valence-electron chi connectivity index (χ1n) is 11.4. The number of hydrogen-bond donors (Lipinski definition) is 1. The molecule has 2 amide bonds. The number of rotatable bonds is 9. The van der Waals surface area contributed by atoms with Gasteiger partial charge in [0.1, 0.15) is 6.04 Å². The van der Waals surface area contributed by atoms with E-state index in [1.807, 2.05) is 56.3 Å². The first-order chi connectivity index (χ1) is 15.4. The number of hydrogen-bond acceptors (Lipinski definition) is 3. The molecule has 32 heavy (non-hydrogen) atoms. The van der Waals surface area contributed by atoms with Crippen molar-refractivity contribution in [2.24, 2.45) is 0 Å². The Morgan fingerprint density at radius 3 is 2.50 bits per heavy atom. The molecule has 0 radical (unpaired) electrons. The maximum absolute atomic E-state index is 13.2. The van der Waals surface area contributed by atoms with Crippen molar-refractivity contribution in [3.8, 4) is 0 Å². The first-order valence-corrected chi connectivity index (χ1v) is 12.9. The number of halogens is 1. The summed E-state index contributed by atoms with van der Waals surface area (Å²) in [5.74, 6) is 0.983. The molecule has 2 aromatic carbocycles. The standard InChI is InChI=1S/C26H33ClN2O2S/c1-19-7-6-8-22(15-19)16-29(20(2)26(31)28-24-9-4-3-5-10-24)25(30)18-32-17-21-11-13-23(27)14-12-21/h6-8,11-15,20,24H,3-5,9-10,16-18H2,1-2H3,(H,28,31)/t20-/m1/s1. The minimum absolute atomic E-state index is 0.0169. The number of amides is 2. The number of nitrogens with zero attached hydrogens (tertiary/aromatic N) is 1. The fourth-order valence-corrected chi connectivity index (χ4v) is 5.07. The summed E-state index contributed by atoms with van der Waals surface area (Å²) in [7, 11) is 0. The van der Waals surface area contributed by atoms with Crippen LogP contribution in [0.1, 0.15) is 55.7 Å². The highest BCUT2D eigenvalue weighted by Gasteiger charge is 2.28. The second kappa shape index (κ2) is 12.3. The van der Waals surface area contributed by atoms with E-state index in [2.05, 4.69) is 11.4 Å². The zero-order chi connectivity index (χ0) is 22.9. The lowest BCUT2D eigenvalue weighted by molar-refractivity contribution is -0.139. The summed E-state index contributed by atoms with van der Waals surface area (Å²) in [5.41, 5.74) is 3.31. The maximum atomic E-state index is 13.2. The molecule has 0 aliphatic heterocycles. The summed E-state index contributed by atoms with van der Waals surface area (Å²) in [5, 5.41) is 3.89. The van der Waals surface area contributed by atoms with E-state index in [0.717, 1.165) is 48.1 Å². The van der Waals surface area contributed by atoms with Crippen molar-refractivity contribution in [2.45, 2.75) is 70.3 Å². The number of aryl methyl sites for hydroxylation is 1. The van der Waals surface area contributed by atoms with Gasteiger partial charge in [-0.05, 0) is 49.9 Å². The third-order valence-corrected chi connectivity index (χ3v) is 7.20. The molecule has 0 aromatic heterocycles. The summed E-state index contributed by atoms with van der Waals surface area (Å²) in [6, 6.07) is 15.5. The Balaban J connectivity index is 1.64. The monoisotopic (exact) mass is 472 g/mol. The molecule has 4 nitrogen and oxygen atoms in total. The summed E-state index contributed by atoms with van der Waals surface area (Å²) >= 11 is 7.52. The lowest BCUT2D eigenvalue weighted by Gasteiger charge is -2.31. The van der Waals surface area contributed by atoms with Crippen LogP contribution in [0.5, 0.6) is 0 Å². The average molecular weight is 473 g/mol. The smallest absolute Gasteiger partial charge is 0.242 e. The van der Waals surface area contributed by atoms with Gasteiger partial charge in [0.2, 0.25) is 11.8 Å². The number of nitrogens with one attached hydrogen (secondary N) is 1. The molecular weight excluding hydrogens is 440 g/mol. The van der Waals surface area contributed by atoms with Crippen LogP contribution in [0.25, 0.3) is 0 Å².